The molecule has 7 heteroatoms. The SMILES string of the molecule is CCc1ccc(NC(=O)[C@H]2CCCN(c3ccc(=O)n(-c4ccc(C)c(Cl)c4)n3)C2)cc1. The zero-order valence-corrected chi connectivity index (χ0v) is 19.1. The normalized spacial score (nSPS) is 16.1. The number of nitrogens with zero attached hydrogens (tertiary/aromatic N) is 3. The van der Waals surface area contributed by atoms with Gasteiger partial charge in [0.1, 0.15) is 5.82 Å². The summed E-state index contributed by atoms with van der Waals surface area (Å²) in [4.78, 5) is 27.4. The summed E-state index contributed by atoms with van der Waals surface area (Å²) in [5.74, 6) is 0.536. The maximum Gasteiger partial charge on any atom is 0.271 e. The summed E-state index contributed by atoms with van der Waals surface area (Å²) >= 11 is 6.24. The van der Waals surface area contributed by atoms with Gasteiger partial charge in [0.25, 0.3) is 5.56 Å². The van der Waals surface area contributed by atoms with Crippen molar-refractivity contribution in [3.05, 3.63) is 81.1 Å². The first kappa shape index (κ1) is 22.1. The van der Waals surface area contributed by atoms with E-state index in [9.17, 15) is 9.59 Å². The Labute approximate surface area is 192 Å². The van der Waals surface area contributed by atoms with Gasteiger partial charge in [0, 0.05) is 29.9 Å². The zero-order valence-electron chi connectivity index (χ0n) is 18.3. The average Bonchev–Trinajstić information content (AvgIpc) is 2.82. The number of anilines is 2. The smallest absolute Gasteiger partial charge is 0.271 e. The quantitative estimate of drug-likeness (QED) is 0.616. The maximum atomic E-state index is 12.9. The fourth-order valence-corrected chi connectivity index (χ4v) is 4.11. The van der Waals surface area contributed by atoms with Crippen molar-refractivity contribution in [2.75, 3.05) is 23.3 Å². The van der Waals surface area contributed by atoms with Gasteiger partial charge in [-0.2, -0.15) is 4.68 Å². The predicted molar refractivity (Wildman–Crippen MR) is 129 cm³/mol. The minimum Gasteiger partial charge on any atom is -0.354 e. The first-order chi connectivity index (χ1) is 15.4. The maximum absolute atomic E-state index is 12.9. The number of piperidine rings is 1. The highest BCUT2D eigenvalue weighted by molar-refractivity contribution is 6.31. The lowest BCUT2D eigenvalue weighted by Crippen LogP contribution is -2.41. The third-order valence-electron chi connectivity index (χ3n) is 5.93. The Bertz CT molecular complexity index is 1170. The molecule has 1 atom stereocenters. The topological polar surface area (TPSA) is 67.2 Å². The molecule has 0 radical (unpaired) electrons. The predicted octanol–water partition coefficient (Wildman–Crippen LogP) is 4.61. The lowest BCUT2D eigenvalue weighted by Gasteiger charge is -2.33. The highest BCUT2D eigenvalue weighted by atomic mass is 35.5. The second-order valence-corrected chi connectivity index (χ2v) is 8.61. The van der Waals surface area contributed by atoms with E-state index < -0.39 is 0 Å². The molecule has 0 aliphatic carbocycles. The molecule has 0 spiro atoms. The van der Waals surface area contributed by atoms with E-state index in [0.717, 1.165) is 37.1 Å². The molecule has 1 aliphatic rings. The van der Waals surface area contributed by atoms with Gasteiger partial charge in [-0.05, 0) is 67.6 Å². The van der Waals surface area contributed by atoms with Crippen LogP contribution in [-0.4, -0.2) is 28.8 Å². The van der Waals surface area contributed by atoms with Gasteiger partial charge >= 0.3 is 0 Å². The summed E-state index contributed by atoms with van der Waals surface area (Å²) in [5.41, 5.74) is 3.38. The van der Waals surface area contributed by atoms with Crippen LogP contribution in [0.5, 0.6) is 0 Å². The lowest BCUT2D eigenvalue weighted by atomic mass is 9.97. The number of amides is 1. The van der Waals surface area contributed by atoms with Gasteiger partial charge < -0.3 is 10.2 Å². The first-order valence-electron chi connectivity index (χ1n) is 11.0. The molecule has 0 bridgehead atoms. The fourth-order valence-electron chi connectivity index (χ4n) is 3.94. The van der Waals surface area contributed by atoms with Crippen molar-refractivity contribution in [2.24, 2.45) is 5.92 Å². The number of benzene rings is 2. The third kappa shape index (κ3) is 4.86. The monoisotopic (exact) mass is 450 g/mol. The highest BCUT2D eigenvalue weighted by Gasteiger charge is 2.27. The Balaban J connectivity index is 1.50. The lowest BCUT2D eigenvalue weighted by molar-refractivity contribution is -0.120. The van der Waals surface area contributed by atoms with Crippen LogP contribution in [0.2, 0.25) is 5.02 Å². The molecule has 6 nitrogen and oxygen atoms in total. The molecule has 1 N–H and O–H groups in total. The molecular formula is C25H27ClN4O2. The van der Waals surface area contributed by atoms with E-state index in [1.807, 2.05) is 43.3 Å². The molecule has 0 unspecified atom stereocenters. The van der Waals surface area contributed by atoms with E-state index in [4.69, 9.17) is 11.6 Å². The number of rotatable bonds is 5. The van der Waals surface area contributed by atoms with E-state index in [1.165, 1.54) is 16.3 Å². The number of carbonyl (C=O) groups is 1. The van der Waals surface area contributed by atoms with Crippen molar-refractivity contribution in [1.29, 1.82) is 0 Å². The fraction of sp³-hybridized carbons (Fsp3) is 0.320. The summed E-state index contributed by atoms with van der Waals surface area (Å²) in [6.07, 6.45) is 2.67. The first-order valence-corrected chi connectivity index (χ1v) is 11.3. The van der Waals surface area contributed by atoms with Crippen LogP contribution in [0.3, 0.4) is 0 Å². The van der Waals surface area contributed by atoms with Gasteiger partial charge in [0.05, 0.1) is 11.6 Å². The van der Waals surface area contributed by atoms with Crippen LogP contribution in [0.1, 0.15) is 30.9 Å². The second kappa shape index (κ2) is 9.57. The van der Waals surface area contributed by atoms with E-state index >= 15 is 0 Å². The van der Waals surface area contributed by atoms with Crippen LogP contribution >= 0.6 is 11.6 Å². The Morgan fingerprint density at radius 3 is 2.66 bits per heavy atom. The number of aromatic nitrogens is 2. The van der Waals surface area contributed by atoms with Crippen molar-refractivity contribution in [1.82, 2.24) is 9.78 Å². The van der Waals surface area contributed by atoms with Crippen LogP contribution in [0, 0.1) is 12.8 Å². The van der Waals surface area contributed by atoms with Gasteiger partial charge in [0.2, 0.25) is 5.91 Å². The zero-order chi connectivity index (χ0) is 22.7. The minimum absolute atomic E-state index is 0.0117. The molecule has 2 heterocycles. The van der Waals surface area contributed by atoms with E-state index in [1.54, 1.807) is 12.1 Å². The van der Waals surface area contributed by atoms with E-state index in [2.05, 4.69) is 22.2 Å². The van der Waals surface area contributed by atoms with Crippen LogP contribution < -0.4 is 15.8 Å². The summed E-state index contributed by atoms with van der Waals surface area (Å²) in [6, 6.07) is 16.6. The van der Waals surface area contributed by atoms with Gasteiger partial charge in [-0.1, -0.05) is 36.7 Å². The molecular weight excluding hydrogens is 424 g/mol. The number of hydrogen-bond donors (Lipinski definition) is 1. The molecule has 1 aromatic heterocycles. The number of halogens is 1. The average molecular weight is 451 g/mol. The Morgan fingerprint density at radius 1 is 1.16 bits per heavy atom. The Kier molecular flexibility index (Phi) is 6.61. The number of hydrogen-bond acceptors (Lipinski definition) is 4. The summed E-state index contributed by atoms with van der Waals surface area (Å²) in [5, 5.41) is 8.20. The van der Waals surface area contributed by atoms with Gasteiger partial charge in [-0.3, -0.25) is 9.59 Å². The van der Waals surface area contributed by atoms with E-state index in [0.29, 0.717) is 23.1 Å². The van der Waals surface area contributed by atoms with Gasteiger partial charge in [-0.25, -0.2) is 0 Å². The second-order valence-electron chi connectivity index (χ2n) is 8.20. The minimum atomic E-state index is -0.226. The molecule has 1 fully saturated rings. The number of nitrogens with one attached hydrogen (secondary N) is 1. The largest absolute Gasteiger partial charge is 0.354 e. The van der Waals surface area contributed by atoms with Crippen LogP contribution in [0.4, 0.5) is 11.5 Å². The van der Waals surface area contributed by atoms with E-state index in [-0.39, 0.29) is 17.4 Å². The summed E-state index contributed by atoms with van der Waals surface area (Å²) in [7, 11) is 0. The molecule has 166 valence electrons. The molecule has 4 rings (SSSR count). The van der Waals surface area contributed by atoms with Crippen LogP contribution in [0.25, 0.3) is 5.69 Å². The Hall–Kier alpha value is -3.12. The summed E-state index contributed by atoms with van der Waals surface area (Å²) in [6.45, 7) is 5.36. The summed E-state index contributed by atoms with van der Waals surface area (Å²) < 4.78 is 1.36. The van der Waals surface area contributed by atoms with Gasteiger partial charge in [0.15, 0.2) is 0 Å². The highest BCUT2D eigenvalue weighted by Crippen LogP contribution is 2.24. The molecule has 2 aromatic carbocycles. The van der Waals surface area contributed by atoms with Gasteiger partial charge in [-0.15, -0.1) is 5.10 Å². The van der Waals surface area contributed by atoms with Crippen LogP contribution in [0.15, 0.2) is 59.4 Å². The van der Waals surface area contributed by atoms with Crippen molar-refractivity contribution < 1.29 is 4.79 Å². The molecule has 32 heavy (non-hydrogen) atoms. The van der Waals surface area contributed by atoms with Crippen LogP contribution in [-0.2, 0) is 11.2 Å². The number of carbonyl (C=O) groups excluding carboxylic acids is 1. The molecule has 3 aromatic rings. The molecule has 0 saturated carbocycles. The number of aryl methyl sites for hydroxylation is 2. The molecule has 1 amide bonds. The van der Waals surface area contributed by atoms with Crippen molar-refractivity contribution in [3.8, 4) is 5.69 Å². The molecule has 1 saturated heterocycles. The van der Waals surface area contributed by atoms with Crippen molar-refractivity contribution in [2.45, 2.75) is 33.1 Å². The van der Waals surface area contributed by atoms with Crippen molar-refractivity contribution >= 4 is 29.0 Å². The standard InChI is InChI=1S/C25H27ClN4O2/c1-3-18-7-9-20(10-8-18)27-25(32)19-5-4-14-29(16-19)23-12-13-24(31)30(28-23)21-11-6-17(2)22(26)15-21/h6-13,15,19H,3-5,14,16H2,1-2H3,(H,27,32)/t19-/m0/s1. The van der Waals surface area contributed by atoms with Crippen molar-refractivity contribution in [3.63, 3.8) is 0 Å². The third-order valence-corrected chi connectivity index (χ3v) is 6.34. The Morgan fingerprint density at radius 2 is 1.94 bits per heavy atom. The molecule has 1 aliphatic heterocycles.